The van der Waals surface area contributed by atoms with Gasteiger partial charge in [0.1, 0.15) is 14.0 Å². The number of hydrogen-bond donors (Lipinski definition) is 0. The third-order valence-electron chi connectivity index (χ3n) is 2.02. The molecule has 0 radical (unpaired) electrons. The molecule has 1 aliphatic rings. The summed E-state index contributed by atoms with van der Waals surface area (Å²) >= 11 is 0. The highest BCUT2D eigenvalue weighted by Gasteiger charge is 2.32. The third kappa shape index (κ3) is 2.19. The Kier molecular flexibility index (Phi) is 3.36. The van der Waals surface area contributed by atoms with Crippen LogP contribution in [0.5, 0.6) is 0 Å². The van der Waals surface area contributed by atoms with E-state index in [4.69, 9.17) is 14.2 Å². The molecule has 0 aromatic rings. The van der Waals surface area contributed by atoms with Gasteiger partial charge in [-0.3, -0.25) is 0 Å². The van der Waals surface area contributed by atoms with Crippen molar-refractivity contribution in [3.8, 4) is 0 Å². The summed E-state index contributed by atoms with van der Waals surface area (Å²) in [6.45, 7) is 0.628. The van der Waals surface area contributed by atoms with Crippen LogP contribution in [0.3, 0.4) is 0 Å². The second-order valence-corrected chi connectivity index (χ2v) is 2.95. The van der Waals surface area contributed by atoms with Crippen LogP contribution in [0, 0.1) is 0 Å². The molecule has 0 amide bonds. The highest BCUT2D eigenvalue weighted by atomic mass is 16.6. The maximum absolute atomic E-state index is 5.56. The van der Waals surface area contributed by atoms with Crippen molar-refractivity contribution in [2.45, 2.75) is 24.6 Å². The largest absolute Gasteiger partial charge is 0.382 e. The van der Waals surface area contributed by atoms with Crippen LogP contribution in [-0.4, -0.2) is 46.9 Å². The molecule has 1 heterocycles. The van der Waals surface area contributed by atoms with Gasteiger partial charge in [-0.25, -0.2) is 0 Å². The Hall–Kier alpha value is -0.0551. The smallest absolute Gasteiger partial charge is 0.139 e. The van der Waals surface area contributed by atoms with Crippen LogP contribution in [0.15, 0.2) is 0 Å². The van der Waals surface area contributed by atoms with Crippen molar-refractivity contribution in [2.75, 3.05) is 20.8 Å². The third-order valence-corrected chi connectivity index (χ3v) is 2.02. The van der Waals surface area contributed by atoms with E-state index in [0.717, 1.165) is 6.42 Å². The van der Waals surface area contributed by atoms with Gasteiger partial charge >= 0.3 is 0 Å². The fourth-order valence-electron chi connectivity index (χ4n) is 1.48. The van der Waals surface area contributed by atoms with Gasteiger partial charge in [-0.05, 0) is 6.42 Å². The zero-order valence-corrected chi connectivity index (χ0v) is 7.37. The number of rotatable bonds is 3. The molecule has 64 valence electrons. The van der Waals surface area contributed by atoms with Crippen LogP contribution in [0.1, 0.15) is 6.42 Å². The zero-order valence-electron chi connectivity index (χ0n) is 7.37. The Morgan fingerprint density at radius 2 is 2.27 bits per heavy atom. The average Bonchev–Trinajstić information content (AvgIpc) is 2.32. The first-order valence-electron chi connectivity index (χ1n) is 3.95. The van der Waals surface area contributed by atoms with E-state index in [-0.39, 0.29) is 12.2 Å². The molecule has 0 spiro atoms. The maximum Gasteiger partial charge on any atom is 0.139 e. The number of methoxy groups -OCH3 is 2. The zero-order chi connectivity index (χ0) is 8.27. The highest BCUT2D eigenvalue weighted by molar-refractivity contribution is 6.11. The van der Waals surface area contributed by atoms with Gasteiger partial charge in [-0.1, -0.05) is 0 Å². The summed E-state index contributed by atoms with van der Waals surface area (Å²) in [4.78, 5) is 0. The predicted octanol–water partition coefficient (Wildman–Crippen LogP) is -0.604. The van der Waals surface area contributed by atoms with Crippen molar-refractivity contribution in [3.63, 3.8) is 0 Å². The highest BCUT2D eigenvalue weighted by Crippen LogP contribution is 2.20. The van der Waals surface area contributed by atoms with Crippen molar-refractivity contribution >= 4 is 7.85 Å². The molecule has 11 heavy (non-hydrogen) atoms. The lowest BCUT2D eigenvalue weighted by Gasteiger charge is -2.15. The monoisotopic (exact) mass is 158 g/mol. The lowest BCUT2D eigenvalue weighted by Crippen LogP contribution is -2.27. The van der Waals surface area contributed by atoms with Gasteiger partial charge in [0, 0.05) is 20.2 Å². The molecule has 1 rings (SSSR count). The van der Waals surface area contributed by atoms with E-state index >= 15 is 0 Å². The fraction of sp³-hybridized carbons (Fsp3) is 1.00. The Morgan fingerprint density at radius 1 is 1.55 bits per heavy atom. The molecule has 1 saturated heterocycles. The van der Waals surface area contributed by atoms with Gasteiger partial charge in [0.2, 0.25) is 0 Å². The van der Waals surface area contributed by atoms with E-state index in [1.54, 1.807) is 14.2 Å². The summed E-state index contributed by atoms with van der Waals surface area (Å²) < 4.78 is 15.8. The normalized spacial score (nSPS) is 37.8. The maximum atomic E-state index is 5.56. The molecular weight excluding hydrogens is 143 g/mol. The Labute approximate surface area is 68.4 Å². The van der Waals surface area contributed by atoms with E-state index in [9.17, 15) is 0 Å². The molecule has 0 aromatic heterocycles. The van der Waals surface area contributed by atoms with Crippen LogP contribution in [0.2, 0.25) is 0 Å². The number of ether oxygens (including phenoxy) is 3. The summed E-state index contributed by atoms with van der Waals surface area (Å²) in [5.74, 6) is 0. The molecule has 1 aliphatic heterocycles. The molecule has 1 fully saturated rings. The topological polar surface area (TPSA) is 27.7 Å². The summed E-state index contributed by atoms with van der Waals surface area (Å²) in [5, 5.41) is 0. The summed E-state index contributed by atoms with van der Waals surface area (Å²) in [6, 6.07) is 0.306. The molecule has 0 N–H and O–H groups in total. The first-order valence-corrected chi connectivity index (χ1v) is 3.95. The van der Waals surface area contributed by atoms with E-state index in [1.165, 1.54) is 0 Å². The molecule has 0 unspecified atom stereocenters. The van der Waals surface area contributed by atoms with Gasteiger partial charge in [0.15, 0.2) is 0 Å². The van der Waals surface area contributed by atoms with Crippen LogP contribution < -0.4 is 0 Å². The number of hydrogen-bond acceptors (Lipinski definition) is 3. The van der Waals surface area contributed by atoms with Crippen molar-refractivity contribution in [1.82, 2.24) is 0 Å². The molecule has 0 bridgehead atoms. The van der Waals surface area contributed by atoms with Crippen molar-refractivity contribution in [1.29, 1.82) is 0 Å². The SMILES string of the molecule is B[C@H]1C[C@@H](OC)[C@@H](COC)O1. The summed E-state index contributed by atoms with van der Waals surface area (Å²) in [5.41, 5.74) is 0. The minimum atomic E-state index is 0.125. The van der Waals surface area contributed by atoms with Crippen LogP contribution >= 0.6 is 0 Å². The first-order chi connectivity index (χ1) is 5.27. The lowest BCUT2D eigenvalue weighted by molar-refractivity contribution is -0.0315. The van der Waals surface area contributed by atoms with Crippen molar-refractivity contribution < 1.29 is 14.2 Å². The van der Waals surface area contributed by atoms with Gasteiger partial charge in [0.25, 0.3) is 0 Å². The van der Waals surface area contributed by atoms with Crippen LogP contribution in [0.4, 0.5) is 0 Å². The van der Waals surface area contributed by atoms with E-state index in [1.807, 2.05) is 0 Å². The minimum absolute atomic E-state index is 0.125. The van der Waals surface area contributed by atoms with E-state index < -0.39 is 0 Å². The molecule has 3 atom stereocenters. The second kappa shape index (κ2) is 4.09. The molecule has 3 nitrogen and oxygen atoms in total. The van der Waals surface area contributed by atoms with Crippen molar-refractivity contribution in [2.24, 2.45) is 0 Å². The lowest BCUT2D eigenvalue weighted by atomic mass is 9.96. The molecule has 0 aromatic carbocycles. The molecule has 0 saturated carbocycles. The summed E-state index contributed by atoms with van der Waals surface area (Å²) in [7, 11) is 5.45. The molecule has 4 heteroatoms. The van der Waals surface area contributed by atoms with Gasteiger partial charge in [-0.15, -0.1) is 0 Å². The standard InChI is InChI=1S/C7H15BO3/c1-9-4-6-5(10-2)3-7(8)11-6/h5-7H,3-4,8H2,1-2H3/t5-,6-,7-/m1/s1. The van der Waals surface area contributed by atoms with E-state index in [2.05, 4.69) is 7.85 Å². The first kappa shape index (κ1) is 9.04. The second-order valence-electron chi connectivity index (χ2n) is 2.95. The fourth-order valence-corrected chi connectivity index (χ4v) is 1.48. The Balaban J connectivity index is 2.37. The van der Waals surface area contributed by atoms with Gasteiger partial charge in [-0.2, -0.15) is 0 Å². The average molecular weight is 158 g/mol. The molecular formula is C7H15BO3. The van der Waals surface area contributed by atoms with E-state index in [0.29, 0.717) is 12.6 Å². The van der Waals surface area contributed by atoms with Gasteiger partial charge in [0.05, 0.1) is 12.7 Å². The Morgan fingerprint density at radius 3 is 2.82 bits per heavy atom. The van der Waals surface area contributed by atoms with Gasteiger partial charge < -0.3 is 14.2 Å². The van der Waals surface area contributed by atoms with Crippen LogP contribution in [-0.2, 0) is 14.2 Å². The minimum Gasteiger partial charge on any atom is -0.382 e. The quantitative estimate of drug-likeness (QED) is 0.513. The van der Waals surface area contributed by atoms with Crippen molar-refractivity contribution in [3.05, 3.63) is 0 Å². The summed E-state index contributed by atoms with van der Waals surface area (Å²) in [6.07, 6.45) is 1.31. The predicted molar refractivity (Wildman–Crippen MR) is 44.5 cm³/mol. The Bertz CT molecular complexity index is 120. The molecule has 0 aliphatic carbocycles. The van der Waals surface area contributed by atoms with Crippen LogP contribution in [0.25, 0.3) is 0 Å².